The molecule has 0 N–H and O–H groups in total. The Kier molecular flexibility index (Phi) is 4.90. The van der Waals surface area contributed by atoms with Gasteiger partial charge in [0.05, 0.1) is 12.4 Å². The zero-order valence-electron chi connectivity index (χ0n) is 15.9. The number of nitrogens with zero attached hydrogens (tertiary/aromatic N) is 5. The summed E-state index contributed by atoms with van der Waals surface area (Å²) in [5.41, 5.74) is 0.870. The normalized spacial score (nSPS) is 15.3. The quantitative estimate of drug-likeness (QED) is 0.548. The molecule has 0 amide bonds. The molecule has 1 aromatic carbocycles. The number of thioether (sulfide) groups is 1. The molecule has 1 aliphatic carbocycles. The van der Waals surface area contributed by atoms with E-state index in [0.29, 0.717) is 23.7 Å². The Labute approximate surface area is 162 Å². The molecule has 0 radical (unpaired) electrons. The molecule has 1 unspecified atom stereocenters. The van der Waals surface area contributed by atoms with Crippen LogP contribution in [0, 0.1) is 0 Å². The molecule has 1 atom stereocenters. The van der Waals surface area contributed by atoms with Gasteiger partial charge in [-0.2, -0.15) is 0 Å². The third-order valence-electron chi connectivity index (χ3n) is 4.53. The molecule has 0 spiro atoms. The third kappa shape index (κ3) is 3.71. The van der Waals surface area contributed by atoms with Crippen LogP contribution in [-0.2, 0) is 0 Å². The predicted octanol–water partition coefficient (Wildman–Crippen LogP) is 4.65. The van der Waals surface area contributed by atoms with Crippen molar-refractivity contribution in [3.8, 4) is 17.2 Å². The van der Waals surface area contributed by atoms with Crippen LogP contribution in [0.15, 0.2) is 33.8 Å². The van der Waals surface area contributed by atoms with Crippen LogP contribution in [0.4, 0.5) is 0 Å². The van der Waals surface area contributed by atoms with Crippen LogP contribution in [0.5, 0.6) is 5.75 Å². The first-order valence-corrected chi connectivity index (χ1v) is 10.0. The van der Waals surface area contributed by atoms with E-state index in [2.05, 4.69) is 45.7 Å². The van der Waals surface area contributed by atoms with Crippen LogP contribution in [0.2, 0.25) is 0 Å². The van der Waals surface area contributed by atoms with E-state index in [1.807, 2.05) is 24.3 Å². The minimum Gasteiger partial charge on any atom is -0.497 e. The topological polar surface area (TPSA) is 78.9 Å². The lowest BCUT2D eigenvalue weighted by Gasteiger charge is -2.12. The highest BCUT2D eigenvalue weighted by Crippen LogP contribution is 2.43. The van der Waals surface area contributed by atoms with Gasteiger partial charge in [-0.3, -0.25) is 0 Å². The molecule has 7 nitrogen and oxygen atoms in total. The van der Waals surface area contributed by atoms with Crippen LogP contribution in [0.3, 0.4) is 0 Å². The molecule has 8 heteroatoms. The average molecular weight is 385 g/mol. The van der Waals surface area contributed by atoms with Crippen molar-refractivity contribution in [1.29, 1.82) is 0 Å². The van der Waals surface area contributed by atoms with Crippen molar-refractivity contribution in [3.63, 3.8) is 0 Å². The number of ether oxygens (including phenoxy) is 1. The second-order valence-corrected chi connectivity index (χ2v) is 8.34. The van der Waals surface area contributed by atoms with Crippen molar-refractivity contribution < 1.29 is 9.15 Å². The van der Waals surface area contributed by atoms with Gasteiger partial charge in [-0.15, -0.1) is 20.4 Å². The van der Waals surface area contributed by atoms with Gasteiger partial charge in [0, 0.05) is 17.5 Å². The number of methoxy groups -OCH3 is 1. The number of hydrogen-bond acceptors (Lipinski definition) is 7. The zero-order chi connectivity index (χ0) is 19.0. The third-order valence-corrected chi connectivity index (χ3v) is 5.57. The number of aromatic nitrogens is 5. The minimum absolute atomic E-state index is 0.00814. The molecule has 142 valence electrons. The number of rotatable bonds is 7. The summed E-state index contributed by atoms with van der Waals surface area (Å²) < 4.78 is 13.4. The lowest BCUT2D eigenvalue weighted by atomic mass is 10.2. The summed E-state index contributed by atoms with van der Waals surface area (Å²) in [6, 6.07) is 8.11. The largest absolute Gasteiger partial charge is 0.497 e. The fraction of sp³-hybridized carbons (Fsp3) is 0.474. The Balaban J connectivity index is 1.52. The van der Waals surface area contributed by atoms with E-state index in [-0.39, 0.29) is 5.25 Å². The van der Waals surface area contributed by atoms with Crippen LogP contribution in [-0.4, -0.2) is 32.1 Å². The molecule has 0 saturated heterocycles. The van der Waals surface area contributed by atoms with Gasteiger partial charge in [0.15, 0.2) is 5.16 Å². The molecule has 2 heterocycles. The standard InChI is InChI=1S/C19H23N5O2S/c1-11(2)16-20-23-19(24(16)14-7-8-14)27-12(3)17-21-22-18(26-17)13-5-9-15(25-4)10-6-13/h5-6,9-12,14H,7-8H2,1-4H3. The van der Waals surface area contributed by atoms with Gasteiger partial charge >= 0.3 is 0 Å². The molecule has 3 aromatic rings. The Hall–Kier alpha value is -2.35. The van der Waals surface area contributed by atoms with Crippen molar-refractivity contribution in [3.05, 3.63) is 36.0 Å². The highest BCUT2D eigenvalue weighted by Gasteiger charge is 2.31. The van der Waals surface area contributed by atoms with Crippen LogP contribution >= 0.6 is 11.8 Å². The molecule has 0 bridgehead atoms. The summed E-state index contributed by atoms with van der Waals surface area (Å²) in [4.78, 5) is 0. The summed E-state index contributed by atoms with van der Waals surface area (Å²) in [5, 5.41) is 18.2. The average Bonchev–Trinajstić information content (AvgIpc) is 3.22. The van der Waals surface area contributed by atoms with Gasteiger partial charge in [0.25, 0.3) is 0 Å². The fourth-order valence-electron chi connectivity index (χ4n) is 2.90. The molecular formula is C19H23N5O2S. The maximum Gasteiger partial charge on any atom is 0.247 e. The van der Waals surface area contributed by atoms with E-state index in [4.69, 9.17) is 9.15 Å². The monoisotopic (exact) mass is 385 g/mol. The van der Waals surface area contributed by atoms with Gasteiger partial charge in [0.1, 0.15) is 11.6 Å². The SMILES string of the molecule is COc1ccc(-c2nnc(C(C)Sc3nnc(C(C)C)n3C3CC3)o2)cc1. The maximum absolute atomic E-state index is 5.91. The Morgan fingerprint density at radius 1 is 1.07 bits per heavy atom. The van der Waals surface area contributed by atoms with Gasteiger partial charge in [0.2, 0.25) is 11.8 Å². The predicted molar refractivity (Wildman–Crippen MR) is 103 cm³/mol. The van der Waals surface area contributed by atoms with Crippen molar-refractivity contribution >= 4 is 11.8 Å². The molecule has 0 aliphatic heterocycles. The van der Waals surface area contributed by atoms with E-state index < -0.39 is 0 Å². The molecule has 1 saturated carbocycles. The molecule has 1 aliphatic rings. The van der Waals surface area contributed by atoms with Crippen LogP contribution in [0.1, 0.15) is 62.5 Å². The number of hydrogen-bond donors (Lipinski definition) is 0. The van der Waals surface area contributed by atoms with E-state index in [9.17, 15) is 0 Å². The van der Waals surface area contributed by atoms with Crippen molar-refractivity contribution in [1.82, 2.24) is 25.0 Å². The summed E-state index contributed by atoms with van der Waals surface area (Å²) in [7, 11) is 1.64. The van der Waals surface area contributed by atoms with E-state index in [1.54, 1.807) is 18.9 Å². The van der Waals surface area contributed by atoms with Crippen molar-refractivity contribution in [2.45, 2.75) is 56.0 Å². The second kappa shape index (κ2) is 7.34. The van der Waals surface area contributed by atoms with Crippen molar-refractivity contribution in [2.75, 3.05) is 7.11 Å². The van der Waals surface area contributed by atoms with E-state index in [1.165, 1.54) is 12.8 Å². The highest BCUT2D eigenvalue weighted by atomic mass is 32.2. The summed E-state index contributed by atoms with van der Waals surface area (Å²) in [6.07, 6.45) is 2.39. The first-order valence-electron chi connectivity index (χ1n) is 9.16. The highest BCUT2D eigenvalue weighted by molar-refractivity contribution is 7.99. The summed E-state index contributed by atoms with van der Waals surface area (Å²) in [5.74, 6) is 3.29. The van der Waals surface area contributed by atoms with Crippen LogP contribution < -0.4 is 4.74 Å². The van der Waals surface area contributed by atoms with Crippen molar-refractivity contribution in [2.24, 2.45) is 0 Å². The smallest absolute Gasteiger partial charge is 0.247 e. The first kappa shape index (κ1) is 18.0. The Morgan fingerprint density at radius 3 is 2.44 bits per heavy atom. The first-order chi connectivity index (χ1) is 13.1. The molecular weight excluding hydrogens is 362 g/mol. The molecule has 2 aromatic heterocycles. The fourth-order valence-corrected chi connectivity index (χ4v) is 3.85. The minimum atomic E-state index is -0.00814. The van der Waals surface area contributed by atoms with E-state index in [0.717, 1.165) is 22.3 Å². The van der Waals surface area contributed by atoms with E-state index >= 15 is 0 Å². The maximum atomic E-state index is 5.91. The van der Waals surface area contributed by atoms with Gasteiger partial charge < -0.3 is 13.7 Å². The van der Waals surface area contributed by atoms with Gasteiger partial charge in [-0.25, -0.2) is 0 Å². The zero-order valence-corrected chi connectivity index (χ0v) is 16.7. The molecule has 4 rings (SSSR count). The van der Waals surface area contributed by atoms with Gasteiger partial charge in [-0.1, -0.05) is 25.6 Å². The summed E-state index contributed by atoms with van der Waals surface area (Å²) >= 11 is 1.62. The molecule has 27 heavy (non-hydrogen) atoms. The second-order valence-electron chi connectivity index (χ2n) is 7.03. The lowest BCUT2D eigenvalue weighted by molar-refractivity contribution is 0.415. The van der Waals surface area contributed by atoms with Gasteiger partial charge in [-0.05, 0) is 44.0 Å². The molecule has 1 fully saturated rings. The Bertz CT molecular complexity index is 915. The Morgan fingerprint density at radius 2 is 1.81 bits per heavy atom. The number of benzene rings is 1. The summed E-state index contributed by atoms with van der Waals surface area (Å²) in [6.45, 7) is 6.36. The lowest BCUT2D eigenvalue weighted by Crippen LogP contribution is -2.05. The van der Waals surface area contributed by atoms with Crippen LogP contribution in [0.25, 0.3) is 11.5 Å².